The van der Waals surface area contributed by atoms with Crippen molar-refractivity contribution in [2.75, 3.05) is 6.54 Å². The molecule has 1 aromatic heterocycles. The molecule has 0 saturated heterocycles. The Bertz CT molecular complexity index is 513. The predicted octanol–water partition coefficient (Wildman–Crippen LogP) is 1.99. The molecule has 3 heteroatoms. The standard InChI is InChI=1S/C11H10N2S/c14-11-10-7-3-1-2-4-8(7)13-9(10)5-6-12-11/h1-4,13H,5-6H2,(H,12,14). The number of aromatic amines is 1. The van der Waals surface area contributed by atoms with Gasteiger partial charge >= 0.3 is 0 Å². The van der Waals surface area contributed by atoms with Crippen LogP contribution in [-0.4, -0.2) is 16.5 Å². The highest BCUT2D eigenvalue weighted by atomic mass is 32.1. The van der Waals surface area contributed by atoms with Crippen LogP contribution in [0, 0.1) is 0 Å². The van der Waals surface area contributed by atoms with Crippen LogP contribution in [0.1, 0.15) is 11.3 Å². The minimum atomic E-state index is 0.878. The number of hydrogen-bond acceptors (Lipinski definition) is 1. The van der Waals surface area contributed by atoms with Crippen LogP contribution in [0.4, 0.5) is 0 Å². The smallest absolute Gasteiger partial charge is 0.109 e. The number of aromatic nitrogens is 1. The van der Waals surface area contributed by atoms with Crippen molar-refractivity contribution in [2.45, 2.75) is 6.42 Å². The number of rotatable bonds is 0. The minimum Gasteiger partial charge on any atom is -0.375 e. The van der Waals surface area contributed by atoms with E-state index < -0.39 is 0 Å². The highest BCUT2D eigenvalue weighted by Crippen LogP contribution is 2.24. The summed E-state index contributed by atoms with van der Waals surface area (Å²) in [6.07, 6.45) is 1.03. The van der Waals surface area contributed by atoms with E-state index in [2.05, 4.69) is 22.4 Å². The summed E-state index contributed by atoms with van der Waals surface area (Å²) in [6.45, 7) is 0.943. The number of thiocarbonyl (C=S) groups is 1. The summed E-state index contributed by atoms with van der Waals surface area (Å²) in [4.78, 5) is 4.30. The fourth-order valence-electron chi connectivity index (χ4n) is 2.03. The lowest BCUT2D eigenvalue weighted by Crippen LogP contribution is -2.30. The van der Waals surface area contributed by atoms with E-state index in [4.69, 9.17) is 12.2 Å². The van der Waals surface area contributed by atoms with Crippen molar-refractivity contribution in [3.05, 3.63) is 35.5 Å². The molecule has 0 fully saturated rings. The van der Waals surface area contributed by atoms with E-state index in [1.54, 1.807) is 0 Å². The Hall–Kier alpha value is -1.35. The third-order valence-electron chi connectivity index (χ3n) is 2.67. The van der Waals surface area contributed by atoms with E-state index in [1.807, 2.05) is 12.1 Å². The molecule has 0 bridgehead atoms. The van der Waals surface area contributed by atoms with Crippen LogP contribution < -0.4 is 5.32 Å². The van der Waals surface area contributed by atoms with Crippen molar-refractivity contribution >= 4 is 28.1 Å². The summed E-state index contributed by atoms with van der Waals surface area (Å²) < 4.78 is 0. The molecule has 1 aliphatic heterocycles. The zero-order valence-corrected chi connectivity index (χ0v) is 8.45. The molecule has 0 aliphatic carbocycles. The Morgan fingerprint density at radius 1 is 1.21 bits per heavy atom. The van der Waals surface area contributed by atoms with Gasteiger partial charge in [-0.15, -0.1) is 0 Å². The van der Waals surface area contributed by atoms with Crippen LogP contribution >= 0.6 is 12.2 Å². The number of nitrogens with one attached hydrogen (secondary N) is 2. The van der Waals surface area contributed by atoms with Crippen LogP contribution in [0.5, 0.6) is 0 Å². The molecular formula is C11H10N2S. The van der Waals surface area contributed by atoms with E-state index in [9.17, 15) is 0 Å². The van der Waals surface area contributed by atoms with Gasteiger partial charge in [-0.1, -0.05) is 30.4 Å². The largest absolute Gasteiger partial charge is 0.375 e. The van der Waals surface area contributed by atoms with Crippen LogP contribution in [0.2, 0.25) is 0 Å². The first kappa shape index (κ1) is 8.00. The Morgan fingerprint density at radius 2 is 2.07 bits per heavy atom. The highest BCUT2D eigenvalue weighted by molar-refractivity contribution is 7.80. The first-order valence-corrected chi connectivity index (χ1v) is 5.15. The Balaban J connectivity index is 2.39. The monoisotopic (exact) mass is 202 g/mol. The van der Waals surface area contributed by atoms with Crippen molar-refractivity contribution in [1.82, 2.24) is 10.3 Å². The molecule has 14 heavy (non-hydrogen) atoms. The first-order chi connectivity index (χ1) is 6.86. The lowest BCUT2D eigenvalue weighted by atomic mass is 10.1. The third kappa shape index (κ3) is 0.990. The predicted molar refractivity (Wildman–Crippen MR) is 61.7 cm³/mol. The summed E-state index contributed by atoms with van der Waals surface area (Å²) >= 11 is 5.31. The van der Waals surface area contributed by atoms with Crippen molar-refractivity contribution in [2.24, 2.45) is 0 Å². The molecule has 1 aromatic carbocycles. The zero-order chi connectivity index (χ0) is 9.54. The van der Waals surface area contributed by atoms with Gasteiger partial charge < -0.3 is 10.3 Å². The highest BCUT2D eigenvalue weighted by Gasteiger charge is 2.18. The van der Waals surface area contributed by atoms with Gasteiger partial charge in [0, 0.05) is 35.1 Å². The van der Waals surface area contributed by atoms with Gasteiger partial charge in [0.25, 0.3) is 0 Å². The van der Waals surface area contributed by atoms with E-state index >= 15 is 0 Å². The lowest BCUT2D eigenvalue weighted by Gasteiger charge is -2.14. The molecule has 2 heterocycles. The molecule has 2 nitrogen and oxygen atoms in total. The second-order valence-corrected chi connectivity index (χ2v) is 3.94. The van der Waals surface area contributed by atoms with Gasteiger partial charge in [-0.2, -0.15) is 0 Å². The topological polar surface area (TPSA) is 27.8 Å². The van der Waals surface area contributed by atoms with Gasteiger partial charge in [0.15, 0.2) is 0 Å². The molecular weight excluding hydrogens is 192 g/mol. The molecule has 1 aliphatic rings. The molecule has 0 saturated carbocycles. The Morgan fingerprint density at radius 3 is 3.00 bits per heavy atom. The van der Waals surface area contributed by atoms with Crippen molar-refractivity contribution < 1.29 is 0 Å². The summed E-state index contributed by atoms with van der Waals surface area (Å²) in [6, 6.07) is 8.30. The molecule has 2 N–H and O–H groups in total. The van der Waals surface area contributed by atoms with Crippen LogP contribution in [0.15, 0.2) is 24.3 Å². The van der Waals surface area contributed by atoms with Gasteiger partial charge in [0.2, 0.25) is 0 Å². The number of hydrogen-bond donors (Lipinski definition) is 2. The lowest BCUT2D eigenvalue weighted by molar-refractivity contribution is 0.832. The molecule has 0 atom stereocenters. The fourth-order valence-corrected chi connectivity index (χ4v) is 2.37. The number of fused-ring (bicyclic) bond motifs is 3. The maximum Gasteiger partial charge on any atom is 0.109 e. The van der Waals surface area contributed by atoms with Crippen molar-refractivity contribution in [3.8, 4) is 0 Å². The Kier molecular flexibility index (Phi) is 1.61. The van der Waals surface area contributed by atoms with Crippen LogP contribution in [-0.2, 0) is 6.42 Å². The zero-order valence-electron chi connectivity index (χ0n) is 7.63. The van der Waals surface area contributed by atoms with E-state index in [0.29, 0.717) is 0 Å². The molecule has 3 rings (SSSR count). The minimum absolute atomic E-state index is 0.878. The van der Waals surface area contributed by atoms with Gasteiger partial charge in [0.05, 0.1) is 0 Å². The number of para-hydroxylation sites is 1. The average molecular weight is 202 g/mol. The van der Waals surface area contributed by atoms with E-state index in [0.717, 1.165) is 18.0 Å². The second-order valence-electron chi connectivity index (χ2n) is 3.53. The quantitative estimate of drug-likeness (QED) is 0.639. The number of benzene rings is 1. The van der Waals surface area contributed by atoms with E-state index in [1.165, 1.54) is 22.2 Å². The van der Waals surface area contributed by atoms with Gasteiger partial charge in [0.1, 0.15) is 4.99 Å². The average Bonchev–Trinajstić information content (AvgIpc) is 2.57. The van der Waals surface area contributed by atoms with Gasteiger partial charge in [-0.25, -0.2) is 0 Å². The summed E-state index contributed by atoms with van der Waals surface area (Å²) in [5, 5.41) is 4.46. The summed E-state index contributed by atoms with van der Waals surface area (Å²) in [5.74, 6) is 0. The summed E-state index contributed by atoms with van der Waals surface area (Å²) in [5.41, 5.74) is 3.65. The molecule has 0 amide bonds. The first-order valence-electron chi connectivity index (χ1n) is 4.74. The fraction of sp³-hybridized carbons (Fsp3) is 0.182. The summed E-state index contributed by atoms with van der Waals surface area (Å²) in [7, 11) is 0. The maximum atomic E-state index is 5.31. The Labute approximate surface area is 87.3 Å². The molecule has 70 valence electrons. The SMILES string of the molecule is S=C1NCCc2[nH]c3ccccc3c21. The van der Waals surface area contributed by atoms with Gasteiger partial charge in [-0.05, 0) is 6.07 Å². The molecule has 2 aromatic rings. The molecule has 0 radical (unpaired) electrons. The van der Waals surface area contributed by atoms with Crippen LogP contribution in [0.3, 0.4) is 0 Å². The van der Waals surface area contributed by atoms with E-state index in [-0.39, 0.29) is 0 Å². The second kappa shape index (κ2) is 2.82. The molecule has 0 spiro atoms. The van der Waals surface area contributed by atoms with Crippen molar-refractivity contribution in [3.63, 3.8) is 0 Å². The van der Waals surface area contributed by atoms with Gasteiger partial charge in [-0.3, -0.25) is 0 Å². The van der Waals surface area contributed by atoms with Crippen LogP contribution in [0.25, 0.3) is 10.9 Å². The molecule has 0 unspecified atom stereocenters. The maximum absolute atomic E-state index is 5.31. The third-order valence-corrected chi connectivity index (χ3v) is 3.02. The number of H-pyrrole nitrogens is 1. The van der Waals surface area contributed by atoms with Crippen molar-refractivity contribution in [1.29, 1.82) is 0 Å². The normalized spacial score (nSPS) is 15.3.